The highest BCUT2D eigenvalue weighted by atomic mass is 16.1. The zero-order valence-corrected chi connectivity index (χ0v) is 8.99. The summed E-state index contributed by atoms with van der Waals surface area (Å²) in [4.78, 5) is 15.4. The smallest absolute Gasteiger partial charge is 0.224 e. The molecular weight excluding hydrogens is 190 g/mol. The Kier molecular flexibility index (Phi) is 4.77. The van der Waals surface area contributed by atoms with E-state index in [1.54, 1.807) is 18.5 Å². The molecule has 0 saturated heterocycles. The molecule has 1 aromatic rings. The Morgan fingerprint density at radius 2 is 2.33 bits per heavy atom. The summed E-state index contributed by atoms with van der Waals surface area (Å²) < 4.78 is 0. The predicted octanol–water partition coefficient (Wildman–Crippen LogP) is 1.46. The molecule has 0 aromatic carbocycles. The van der Waals surface area contributed by atoms with Gasteiger partial charge in [0, 0.05) is 24.5 Å². The maximum atomic E-state index is 11.5. The van der Waals surface area contributed by atoms with Crippen molar-refractivity contribution >= 4 is 11.6 Å². The number of anilines is 1. The van der Waals surface area contributed by atoms with Crippen molar-refractivity contribution in [3.05, 3.63) is 24.0 Å². The topological polar surface area (TPSA) is 68.0 Å². The number of pyridine rings is 1. The maximum absolute atomic E-state index is 11.5. The number of nitrogens with two attached hydrogens (primary N) is 1. The number of rotatable bonds is 5. The summed E-state index contributed by atoms with van der Waals surface area (Å²) in [6.07, 6.45) is 5.66. The molecule has 0 fully saturated rings. The van der Waals surface area contributed by atoms with Crippen LogP contribution >= 0.6 is 0 Å². The lowest BCUT2D eigenvalue weighted by Crippen LogP contribution is -2.12. The molecule has 0 aliphatic rings. The van der Waals surface area contributed by atoms with Crippen molar-refractivity contribution in [2.45, 2.75) is 26.2 Å². The van der Waals surface area contributed by atoms with Crippen LogP contribution < -0.4 is 11.1 Å². The molecule has 4 heteroatoms. The molecule has 15 heavy (non-hydrogen) atoms. The summed E-state index contributed by atoms with van der Waals surface area (Å²) in [5.41, 5.74) is 7.16. The number of hydrogen-bond acceptors (Lipinski definition) is 3. The fourth-order valence-corrected chi connectivity index (χ4v) is 1.26. The van der Waals surface area contributed by atoms with Gasteiger partial charge in [-0.3, -0.25) is 9.78 Å². The Morgan fingerprint density at radius 3 is 3.00 bits per heavy atom. The Labute approximate surface area is 89.9 Å². The van der Waals surface area contributed by atoms with Gasteiger partial charge in [0.15, 0.2) is 0 Å². The molecule has 0 aliphatic carbocycles. The first-order chi connectivity index (χ1) is 7.24. The van der Waals surface area contributed by atoms with Crippen LogP contribution in [0, 0.1) is 6.92 Å². The van der Waals surface area contributed by atoms with E-state index >= 15 is 0 Å². The fourth-order valence-electron chi connectivity index (χ4n) is 1.26. The molecule has 0 aliphatic heterocycles. The number of aromatic nitrogens is 1. The standard InChI is InChI=1S/C11H17N3O/c1-9-8-13-7-5-10(9)14-11(15)4-2-3-6-12/h5,7-8H,2-4,6,12H2,1H3,(H,13,14,15). The first-order valence-electron chi connectivity index (χ1n) is 5.14. The van der Waals surface area contributed by atoms with Crippen molar-refractivity contribution in [3.63, 3.8) is 0 Å². The Balaban J connectivity index is 2.41. The van der Waals surface area contributed by atoms with Crippen LogP contribution in [0.4, 0.5) is 5.69 Å². The molecule has 0 spiro atoms. The van der Waals surface area contributed by atoms with E-state index in [1.165, 1.54) is 0 Å². The zero-order chi connectivity index (χ0) is 11.1. The number of unbranched alkanes of at least 4 members (excludes halogenated alkanes) is 1. The van der Waals surface area contributed by atoms with Crippen LogP contribution in [0.3, 0.4) is 0 Å². The number of hydrogen-bond donors (Lipinski definition) is 2. The Morgan fingerprint density at radius 1 is 1.53 bits per heavy atom. The van der Waals surface area contributed by atoms with E-state index in [2.05, 4.69) is 10.3 Å². The number of amides is 1. The van der Waals surface area contributed by atoms with Gasteiger partial charge in [-0.05, 0) is 37.9 Å². The number of carbonyl (C=O) groups is 1. The molecule has 0 saturated carbocycles. The van der Waals surface area contributed by atoms with E-state index in [9.17, 15) is 4.79 Å². The van der Waals surface area contributed by atoms with Crippen molar-refractivity contribution in [2.24, 2.45) is 5.73 Å². The summed E-state index contributed by atoms with van der Waals surface area (Å²) >= 11 is 0. The van der Waals surface area contributed by atoms with Crippen LogP contribution in [0.2, 0.25) is 0 Å². The van der Waals surface area contributed by atoms with Crippen LogP contribution in [-0.2, 0) is 4.79 Å². The second kappa shape index (κ2) is 6.14. The van der Waals surface area contributed by atoms with Crippen molar-refractivity contribution < 1.29 is 4.79 Å². The first-order valence-corrected chi connectivity index (χ1v) is 5.14. The van der Waals surface area contributed by atoms with E-state index in [-0.39, 0.29) is 5.91 Å². The highest BCUT2D eigenvalue weighted by Gasteiger charge is 2.03. The highest BCUT2D eigenvalue weighted by Crippen LogP contribution is 2.12. The van der Waals surface area contributed by atoms with Crippen molar-refractivity contribution in [2.75, 3.05) is 11.9 Å². The molecule has 0 radical (unpaired) electrons. The summed E-state index contributed by atoms with van der Waals surface area (Å²) in [7, 11) is 0. The van der Waals surface area contributed by atoms with Gasteiger partial charge in [-0.2, -0.15) is 0 Å². The minimum Gasteiger partial charge on any atom is -0.330 e. The minimum absolute atomic E-state index is 0.0396. The third-order valence-corrected chi connectivity index (χ3v) is 2.15. The maximum Gasteiger partial charge on any atom is 0.224 e. The molecular formula is C11H17N3O. The van der Waals surface area contributed by atoms with Gasteiger partial charge in [0.2, 0.25) is 5.91 Å². The Bertz CT molecular complexity index is 325. The lowest BCUT2D eigenvalue weighted by molar-refractivity contribution is -0.116. The largest absolute Gasteiger partial charge is 0.330 e. The quantitative estimate of drug-likeness (QED) is 0.718. The van der Waals surface area contributed by atoms with Gasteiger partial charge >= 0.3 is 0 Å². The van der Waals surface area contributed by atoms with E-state index in [4.69, 9.17) is 5.73 Å². The molecule has 0 atom stereocenters. The van der Waals surface area contributed by atoms with E-state index in [1.807, 2.05) is 6.92 Å². The number of carbonyl (C=O) groups excluding carboxylic acids is 1. The van der Waals surface area contributed by atoms with Crippen molar-refractivity contribution in [1.29, 1.82) is 0 Å². The first kappa shape index (κ1) is 11.7. The fraction of sp³-hybridized carbons (Fsp3) is 0.455. The van der Waals surface area contributed by atoms with Crippen LogP contribution in [0.1, 0.15) is 24.8 Å². The zero-order valence-electron chi connectivity index (χ0n) is 8.99. The number of nitrogens with one attached hydrogen (secondary N) is 1. The highest BCUT2D eigenvalue weighted by molar-refractivity contribution is 5.91. The number of nitrogens with zero attached hydrogens (tertiary/aromatic N) is 1. The molecule has 0 unspecified atom stereocenters. The van der Waals surface area contributed by atoms with Gasteiger partial charge < -0.3 is 11.1 Å². The third kappa shape index (κ3) is 4.08. The van der Waals surface area contributed by atoms with E-state index in [0.29, 0.717) is 13.0 Å². The SMILES string of the molecule is Cc1cnccc1NC(=O)CCCCN. The average molecular weight is 207 g/mol. The van der Waals surface area contributed by atoms with Gasteiger partial charge in [0.05, 0.1) is 0 Å². The summed E-state index contributed by atoms with van der Waals surface area (Å²) in [6, 6.07) is 1.80. The average Bonchev–Trinajstić information content (AvgIpc) is 2.22. The Hall–Kier alpha value is -1.42. The van der Waals surface area contributed by atoms with Crippen molar-refractivity contribution in [1.82, 2.24) is 4.98 Å². The van der Waals surface area contributed by atoms with Gasteiger partial charge in [0.1, 0.15) is 0 Å². The second-order valence-corrected chi connectivity index (χ2v) is 3.48. The molecule has 1 amide bonds. The lowest BCUT2D eigenvalue weighted by Gasteiger charge is -2.06. The molecule has 3 N–H and O–H groups in total. The van der Waals surface area contributed by atoms with E-state index < -0.39 is 0 Å². The van der Waals surface area contributed by atoms with Crippen molar-refractivity contribution in [3.8, 4) is 0 Å². The van der Waals surface area contributed by atoms with Crippen LogP contribution in [-0.4, -0.2) is 17.4 Å². The molecule has 0 bridgehead atoms. The minimum atomic E-state index is 0.0396. The van der Waals surface area contributed by atoms with E-state index in [0.717, 1.165) is 24.1 Å². The molecule has 1 rings (SSSR count). The molecule has 82 valence electrons. The molecule has 4 nitrogen and oxygen atoms in total. The molecule has 1 aromatic heterocycles. The second-order valence-electron chi connectivity index (χ2n) is 3.48. The van der Waals surface area contributed by atoms with Gasteiger partial charge in [-0.15, -0.1) is 0 Å². The monoisotopic (exact) mass is 207 g/mol. The summed E-state index contributed by atoms with van der Waals surface area (Å²) in [5.74, 6) is 0.0396. The predicted molar refractivity (Wildman–Crippen MR) is 60.5 cm³/mol. The van der Waals surface area contributed by atoms with Gasteiger partial charge in [-0.1, -0.05) is 0 Å². The summed E-state index contributed by atoms with van der Waals surface area (Å²) in [5, 5.41) is 2.85. The third-order valence-electron chi connectivity index (χ3n) is 2.15. The van der Waals surface area contributed by atoms with Gasteiger partial charge in [-0.25, -0.2) is 0 Å². The lowest BCUT2D eigenvalue weighted by atomic mass is 10.2. The van der Waals surface area contributed by atoms with Crippen LogP contribution in [0.25, 0.3) is 0 Å². The summed E-state index contributed by atoms with van der Waals surface area (Å²) in [6.45, 7) is 2.56. The normalized spacial score (nSPS) is 10.0. The van der Waals surface area contributed by atoms with Gasteiger partial charge in [0.25, 0.3) is 0 Å². The molecule has 1 heterocycles. The number of aryl methyl sites for hydroxylation is 1. The van der Waals surface area contributed by atoms with Crippen LogP contribution in [0.5, 0.6) is 0 Å². The van der Waals surface area contributed by atoms with Crippen LogP contribution in [0.15, 0.2) is 18.5 Å².